The fourth-order valence-electron chi connectivity index (χ4n) is 5.47. The average molecular weight is 549 g/mol. The molecule has 39 heavy (non-hydrogen) atoms. The third-order valence-electron chi connectivity index (χ3n) is 7.67. The van der Waals surface area contributed by atoms with E-state index >= 15 is 0 Å². The number of rotatable bonds is 8. The van der Waals surface area contributed by atoms with Crippen molar-refractivity contribution in [3.8, 4) is 5.75 Å². The van der Waals surface area contributed by atoms with Gasteiger partial charge in [-0.3, -0.25) is 4.79 Å². The topological polar surface area (TPSA) is 91.0 Å². The second-order valence-electron chi connectivity index (χ2n) is 10.1. The van der Waals surface area contributed by atoms with Crippen LogP contribution in [-0.4, -0.2) is 59.1 Å². The number of sulfonamides is 1. The Morgan fingerprint density at radius 3 is 2.56 bits per heavy atom. The summed E-state index contributed by atoms with van der Waals surface area (Å²) in [7, 11) is -2.37. The summed E-state index contributed by atoms with van der Waals surface area (Å²) in [6, 6.07) is 19.8. The van der Waals surface area contributed by atoms with Crippen molar-refractivity contribution < 1.29 is 17.9 Å². The number of anilines is 2. The minimum Gasteiger partial charge on any atom is -0.497 e. The number of nitrogens with zero attached hydrogens (tertiary/aromatic N) is 2. The molecule has 9 heteroatoms. The van der Waals surface area contributed by atoms with Crippen LogP contribution in [0.2, 0.25) is 0 Å². The Bertz CT molecular complexity index is 1430. The summed E-state index contributed by atoms with van der Waals surface area (Å²) in [4.78, 5) is 17.7. The minimum atomic E-state index is -3.91. The maximum atomic E-state index is 14.0. The number of carbonyl (C=O) groups is 1. The van der Waals surface area contributed by atoms with E-state index < -0.39 is 10.0 Å². The molecule has 206 valence electrons. The molecule has 8 nitrogen and oxygen atoms in total. The van der Waals surface area contributed by atoms with Crippen molar-refractivity contribution in [3.63, 3.8) is 0 Å². The number of likely N-dealkylation sites (N-methyl/N-ethyl adjacent to an activating group) is 1. The summed E-state index contributed by atoms with van der Waals surface area (Å²) in [6.07, 6.45) is 2.62. The van der Waals surface area contributed by atoms with E-state index in [9.17, 15) is 13.2 Å². The molecule has 0 bridgehead atoms. The van der Waals surface area contributed by atoms with Crippen molar-refractivity contribution in [1.82, 2.24) is 9.62 Å². The van der Waals surface area contributed by atoms with Gasteiger partial charge < -0.3 is 19.9 Å². The van der Waals surface area contributed by atoms with Crippen molar-refractivity contribution in [2.24, 2.45) is 0 Å². The standard InChI is InChI=1S/C30H36N4O4S/c1-3-33-16-18-34(19-17-33)28-15-14-24(31-30(35)23-10-6-11-25(20-23)38-2)21-29(28)39(36,37)32-27-13-7-9-22-8-4-5-12-26(22)27/h4-6,8,10-12,14-15,20-21,27,32H,3,7,9,13,16-19H2,1-2H3,(H,31,35)/t27-/m0/s1. The highest BCUT2D eigenvalue weighted by atomic mass is 32.2. The van der Waals surface area contributed by atoms with E-state index in [1.54, 1.807) is 43.5 Å². The van der Waals surface area contributed by atoms with Crippen LogP contribution in [0.3, 0.4) is 0 Å². The Labute approximate surface area is 231 Å². The number of piperazine rings is 1. The van der Waals surface area contributed by atoms with Crippen LogP contribution in [0.25, 0.3) is 0 Å². The minimum absolute atomic E-state index is 0.180. The molecule has 2 N–H and O–H groups in total. The Balaban J connectivity index is 1.47. The SMILES string of the molecule is CCN1CCN(c2ccc(NC(=O)c3cccc(OC)c3)cc2S(=O)(=O)N[C@H]2CCCc3ccccc32)CC1. The Kier molecular flexibility index (Phi) is 8.20. The van der Waals surface area contributed by atoms with E-state index in [0.29, 0.717) is 22.7 Å². The molecule has 1 heterocycles. The number of amides is 1. The first kappa shape index (κ1) is 27.2. The molecule has 1 aliphatic carbocycles. The molecule has 0 radical (unpaired) electrons. The number of ether oxygens (including phenoxy) is 1. The zero-order chi connectivity index (χ0) is 27.4. The maximum Gasteiger partial charge on any atom is 0.255 e. The molecule has 0 aromatic heterocycles. The van der Waals surface area contributed by atoms with E-state index in [4.69, 9.17) is 4.74 Å². The third-order valence-corrected chi connectivity index (χ3v) is 9.17. The summed E-state index contributed by atoms with van der Waals surface area (Å²) >= 11 is 0. The van der Waals surface area contributed by atoms with Gasteiger partial charge in [-0.25, -0.2) is 13.1 Å². The Hall–Kier alpha value is -3.40. The van der Waals surface area contributed by atoms with Crippen molar-refractivity contribution >= 4 is 27.3 Å². The van der Waals surface area contributed by atoms with Crippen LogP contribution in [-0.2, 0) is 16.4 Å². The monoisotopic (exact) mass is 548 g/mol. The molecule has 1 saturated heterocycles. The lowest BCUT2D eigenvalue weighted by Gasteiger charge is -2.36. The van der Waals surface area contributed by atoms with E-state index in [1.807, 2.05) is 24.3 Å². The number of nitrogens with one attached hydrogen (secondary N) is 2. The highest BCUT2D eigenvalue weighted by Gasteiger charge is 2.30. The number of methoxy groups -OCH3 is 1. The lowest BCUT2D eigenvalue weighted by molar-refractivity contribution is 0.102. The smallest absolute Gasteiger partial charge is 0.255 e. The fraction of sp³-hybridized carbons (Fsp3) is 0.367. The zero-order valence-corrected chi connectivity index (χ0v) is 23.3. The normalized spacial score (nSPS) is 17.9. The molecular weight excluding hydrogens is 512 g/mol. The molecule has 1 aliphatic heterocycles. The van der Waals surface area contributed by atoms with Gasteiger partial charge in [0.25, 0.3) is 5.91 Å². The van der Waals surface area contributed by atoms with Crippen LogP contribution in [0.4, 0.5) is 11.4 Å². The van der Waals surface area contributed by atoms with Gasteiger partial charge in [0.05, 0.1) is 12.8 Å². The lowest BCUT2D eigenvalue weighted by Crippen LogP contribution is -2.46. The Morgan fingerprint density at radius 2 is 1.79 bits per heavy atom. The second kappa shape index (κ2) is 11.8. The number of benzene rings is 3. The van der Waals surface area contributed by atoms with E-state index in [2.05, 4.69) is 32.8 Å². The molecule has 3 aromatic carbocycles. The van der Waals surface area contributed by atoms with Crippen LogP contribution in [0.15, 0.2) is 71.6 Å². The van der Waals surface area contributed by atoms with Crippen molar-refractivity contribution in [2.75, 3.05) is 50.1 Å². The van der Waals surface area contributed by atoms with Gasteiger partial charge >= 0.3 is 0 Å². The van der Waals surface area contributed by atoms with Crippen molar-refractivity contribution in [2.45, 2.75) is 37.1 Å². The largest absolute Gasteiger partial charge is 0.497 e. The van der Waals surface area contributed by atoms with Gasteiger partial charge in [0.2, 0.25) is 10.0 Å². The first-order valence-electron chi connectivity index (χ1n) is 13.5. The van der Waals surface area contributed by atoms with Gasteiger partial charge in [-0.15, -0.1) is 0 Å². The van der Waals surface area contributed by atoms with Gasteiger partial charge in [0, 0.05) is 43.5 Å². The molecule has 3 aromatic rings. The van der Waals surface area contributed by atoms with Gasteiger partial charge in [0.15, 0.2) is 0 Å². The van der Waals surface area contributed by atoms with E-state index in [0.717, 1.165) is 57.5 Å². The molecule has 5 rings (SSSR count). The molecular formula is C30H36N4O4S. The zero-order valence-electron chi connectivity index (χ0n) is 22.5. The van der Waals surface area contributed by atoms with Crippen LogP contribution < -0.4 is 19.7 Å². The predicted molar refractivity (Wildman–Crippen MR) is 154 cm³/mol. The number of carbonyl (C=O) groups excluding carboxylic acids is 1. The molecule has 0 unspecified atom stereocenters. The summed E-state index contributed by atoms with van der Waals surface area (Å²) < 4.78 is 36.3. The Morgan fingerprint density at radius 1 is 1.00 bits per heavy atom. The second-order valence-corrected chi connectivity index (χ2v) is 11.7. The highest BCUT2D eigenvalue weighted by molar-refractivity contribution is 7.89. The predicted octanol–water partition coefficient (Wildman–Crippen LogP) is 4.45. The van der Waals surface area contributed by atoms with E-state index in [-0.39, 0.29) is 16.8 Å². The number of aryl methyl sites for hydroxylation is 1. The van der Waals surface area contributed by atoms with Gasteiger partial charge in [0.1, 0.15) is 10.6 Å². The first-order chi connectivity index (χ1) is 18.9. The van der Waals surface area contributed by atoms with Crippen LogP contribution >= 0.6 is 0 Å². The summed E-state index contributed by atoms with van der Waals surface area (Å²) in [6.45, 7) is 6.31. The molecule has 1 atom stereocenters. The molecule has 2 aliphatic rings. The average Bonchev–Trinajstić information content (AvgIpc) is 2.97. The van der Waals surface area contributed by atoms with Crippen LogP contribution in [0.1, 0.15) is 47.3 Å². The molecule has 0 saturated carbocycles. The van der Waals surface area contributed by atoms with Gasteiger partial charge in [-0.05, 0) is 73.3 Å². The summed E-state index contributed by atoms with van der Waals surface area (Å²) in [5.74, 6) is 0.236. The van der Waals surface area contributed by atoms with Gasteiger partial charge in [-0.1, -0.05) is 37.3 Å². The van der Waals surface area contributed by atoms with Crippen LogP contribution in [0, 0.1) is 0 Å². The van der Waals surface area contributed by atoms with Gasteiger partial charge in [-0.2, -0.15) is 0 Å². The number of hydrogen-bond donors (Lipinski definition) is 2. The van der Waals surface area contributed by atoms with Crippen molar-refractivity contribution in [1.29, 1.82) is 0 Å². The molecule has 1 amide bonds. The summed E-state index contributed by atoms with van der Waals surface area (Å²) in [5.41, 5.74) is 3.72. The lowest BCUT2D eigenvalue weighted by atomic mass is 9.88. The quantitative estimate of drug-likeness (QED) is 0.433. The first-order valence-corrected chi connectivity index (χ1v) is 15.0. The maximum absolute atomic E-state index is 14.0. The third kappa shape index (κ3) is 6.11. The summed E-state index contributed by atoms with van der Waals surface area (Å²) in [5, 5.41) is 2.87. The van der Waals surface area contributed by atoms with Crippen LogP contribution in [0.5, 0.6) is 5.75 Å². The van der Waals surface area contributed by atoms with Crippen molar-refractivity contribution in [3.05, 3.63) is 83.4 Å². The fourth-order valence-corrected chi connectivity index (χ4v) is 6.97. The molecule has 1 fully saturated rings. The number of fused-ring (bicyclic) bond motifs is 1. The number of hydrogen-bond acceptors (Lipinski definition) is 6. The highest BCUT2D eigenvalue weighted by Crippen LogP contribution is 2.34. The molecule has 0 spiro atoms. The van der Waals surface area contributed by atoms with E-state index in [1.165, 1.54) is 5.56 Å².